The van der Waals surface area contributed by atoms with Crippen LogP contribution >= 0.6 is 11.6 Å². The summed E-state index contributed by atoms with van der Waals surface area (Å²) in [4.78, 5) is 7.39. The Morgan fingerprint density at radius 2 is 1.51 bits per heavy atom. The first kappa shape index (κ1) is 30.0. The standard InChI is InChI=1S/C33H38ClN2O2.2CH3.Sn/c1-21(11-17-29-32(3,4)25-19-23(37-9)13-15-27(25)35(29)7)31(34)22(2)12-18-30-33(5,6)26-20-24(38-10)14-16-28(26)36(30)8;;;/h11-20H,1-2H2,3-10H3;2*1H3;/q+1;;;. The Hall–Kier alpha value is -2.44. The van der Waals surface area contributed by atoms with E-state index in [1.165, 1.54) is 45.1 Å². The summed E-state index contributed by atoms with van der Waals surface area (Å²) >= 11 is 4.85. The van der Waals surface area contributed by atoms with E-state index in [0.29, 0.717) is 0 Å². The molecule has 0 spiro atoms. The molecule has 0 unspecified atom stereocenters. The monoisotopic (exact) mass is 679 g/mol. The van der Waals surface area contributed by atoms with Crippen molar-refractivity contribution in [2.45, 2.75) is 57.3 Å². The summed E-state index contributed by atoms with van der Waals surface area (Å²) in [6, 6.07) is 12.7. The van der Waals surface area contributed by atoms with Crippen LogP contribution in [0.2, 0.25) is 18.8 Å². The molecule has 0 aromatic heterocycles. The summed E-state index contributed by atoms with van der Waals surface area (Å²) in [5.74, 6) is 1.79. The summed E-state index contributed by atoms with van der Waals surface area (Å²) in [6.45, 7) is 9.16. The summed E-state index contributed by atoms with van der Waals surface area (Å²) in [6.07, 6.45) is 9.19. The molecule has 216 valence electrons. The van der Waals surface area contributed by atoms with Crippen LogP contribution in [0.25, 0.3) is 0 Å². The van der Waals surface area contributed by atoms with Gasteiger partial charge in [-0.1, -0.05) is 0 Å². The van der Waals surface area contributed by atoms with Gasteiger partial charge >= 0.3 is 257 Å². The van der Waals surface area contributed by atoms with Crippen LogP contribution in [0.4, 0.5) is 11.4 Å². The van der Waals surface area contributed by atoms with Gasteiger partial charge in [-0.2, -0.15) is 0 Å². The molecule has 0 N–H and O–H groups in total. The minimum atomic E-state index is -2.37. The van der Waals surface area contributed by atoms with E-state index in [4.69, 9.17) is 21.1 Å². The first-order valence-corrected chi connectivity index (χ1v) is 24.5. The fraction of sp³-hybridized carbons (Fsp3) is 0.400. The van der Waals surface area contributed by atoms with Crippen molar-refractivity contribution in [1.82, 2.24) is 0 Å². The normalized spacial score (nSPS) is 22.7. The van der Waals surface area contributed by atoms with Gasteiger partial charge in [-0.25, -0.2) is 0 Å². The maximum atomic E-state index is 7.21. The Bertz CT molecular complexity index is 1570. The second-order valence-electron chi connectivity index (χ2n) is 13.5. The Kier molecular flexibility index (Phi) is 7.82. The predicted octanol–water partition coefficient (Wildman–Crippen LogP) is 8.72. The van der Waals surface area contributed by atoms with Crippen molar-refractivity contribution >= 4 is 47.1 Å². The van der Waals surface area contributed by atoms with Crippen LogP contribution in [0.3, 0.4) is 0 Å². The van der Waals surface area contributed by atoms with Crippen LogP contribution in [-0.4, -0.2) is 57.0 Å². The van der Waals surface area contributed by atoms with E-state index < -0.39 is 18.4 Å². The van der Waals surface area contributed by atoms with Crippen molar-refractivity contribution in [3.63, 3.8) is 0 Å². The number of likely N-dealkylation sites (N-methyl/N-ethyl adjacent to an activating group) is 1. The molecule has 2 aromatic rings. The molecule has 0 saturated carbocycles. The van der Waals surface area contributed by atoms with Crippen molar-refractivity contribution in [1.29, 1.82) is 0 Å². The summed E-state index contributed by atoms with van der Waals surface area (Å²) in [7, 11) is 7.77. The number of allylic oxidation sites excluding steroid dienone is 8. The number of anilines is 1. The number of fused-ring (bicyclic) bond motifs is 2. The van der Waals surface area contributed by atoms with E-state index in [9.17, 15) is 0 Å². The second kappa shape index (κ2) is 10.7. The Labute approximate surface area is 255 Å². The van der Waals surface area contributed by atoms with Gasteiger partial charge in [0.1, 0.15) is 0 Å². The van der Waals surface area contributed by atoms with E-state index in [2.05, 4.69) is 110 Å². The predicted molar refractivity (Wildman–Crippen MR) is 177 cm³/mol. The van der Waals surface area contributed by atoms with Gasteiger partial charge in [-0.15, -0.1) is 0 Å². The zero-order chi connectivity index (χ0) is 29.9. The molecule has 0 amide bonds. The van der Waals surface area contributed by atoms with Crippen LogP contribution in [0.5, 0.6) is 11.5 Å². The molecular formula is C35H44ClN2O2Sn+. The molecule has 3 heterocycles. The molecule has 0 saturated heterocycles. The fourth-order valence-corrected chi connectivity index (χ4v) is 15.8. The topological polar surface area (TPSA) is 24.7 Å². The summed E-state index contributed by atoms with van der Waals surface area (Å²) in [5, 5.41) is 0.921. The molecule has 3 aliphatic heterocycles. The van der Waals surface area contributed by atoms with Crippen LogP contribution in [0.15, 0.2) is 82.6 Å². The van der Waals surface area contributed by atoms with E-state index in [-0.39, 0.29) is 10.8 Å². The van der Waals surface area contributed by atoms with Gasteiger partial charge in [-0.05, 0) is 0 Å². The number of benzene rings is 2. The molecule has 41 heavy (non-hydrogen) atoms. The molecule has 0 atom stereocenters. The first-order chi connectivity index (χ1) is 19.2. The fourth-order valence-electron chi connectivity index (χ4n) is 6.96. The van der Waals surface area contributed by atoms with Gasteiger partial charge in [0.2, 0.25) is 0 Å². The molecular weight excluding hydrogens is 635 g/mol. The molecule has 0 fully saturated rings. The van der Waals surface area contributed by atoms with E-state index in [1.54, 1.807) is 14.2 Å². The molecule has 2 aromatic carbocycles. The molecule has 0 bridgehead atoms. The van der Waals surface area contributed by atoms with Crippen molar-refractivity contribution in [2.24, 2.45) is 0 Å². The van der Waals surface area contributed by atoms with Crippen LogP contribution in [0, 0.1) is 0 Å². The third-order valence-corrected chi connectivity index (χ3v) is 17.4. The van der Waals surface area contributed by atoms with Gasteiger partial charge < -0.3 is 0 Å². The molecule has 0 radical (unpaired) electrons. The average molecular weight is 679 g/mol. The molecule has 6 heteroatoms. The average Bonchev–Trinajstić information content (AvgIpc) is 3.24. The van der Waals surface area contributed by atoms with E-state index in [1.807, 2.05) is 12.1 Å². The number of hydrogen-bond donors (Lipinski definition) is 0. The number of rotatable bonds is 5. The second-order valence-corrected chi connectivity index (χ2v) is 28.2. The minimum absolute atomic E-state index is 0.130. The van der Waals surface area contributed by atoms with Gasteiger partial charge in [0.15, 0.2) is 0 Å². The Morgan fingerprint density at radius 1 is 0.878 bits per heavy atom. The number of nitrogens with zero attached hydrogens (tertiary/aromatic N) is 2. The SMILES string of the molecule is COc1ccc2c(c1)C(C)(C)C(/C=C/C1=C(Cl)C(=C/C=C3/N(C)c4ccc(OC)cc4C3(C)C)/[CH2][Sn]([CH3])([CH3])[CH2]1)=[N+]2C. The number of halogens is 1. The molecule has 5 rings (SSSR count). The third kappa shape index (κ3) is 5.20. The zero-order valence-electron chi connectivity index (χ0n) is 26.3. The number of hydrogen-bond acceptors (Lipinski definition) is 3. The molecule has 4 nitrogen and oxygen atoms in total. The quantitative estimate of drug-likeness (QED) is 0.234. The summed E-state index contributed by atoms with van der Waals surface area (Å²) < 4.78 is 15.7. The van der Waals surface area contributed by atoms with Crippen molar-refractivity contribution < 1.29 is 14.0 Å². The van der Waals surface area contributed by atoms with Crippen molar-refractivity contribution in [2.75, 3.05) is 33.2 Å². The van der Waals surface area contributed by atoms with Crippen molar-refractivity contribution in [3.05, 3.63) is 93.7 Å². The number of ether oxygens (including phenoxy) is 2. The third-order valence-electron chi connectivity index (χ3n) is 9.27. The van der Waals surface area contributed by atoms with Crippen LogP contribution in [0.1, 0.15) is 38.8 Å². The van der Waals surface area contributed by atoms with Gasteiger partial charge in [0.25, 0.3) is 0 Å². The van der Waals surface area contributed by atoms with Crippen LogP contribution in [-0.2, 0) is 10.8 Å². The zero-order valence-corrected chi connectivity index (χ0v) is 29.9. The number of methoxy groups -OCH3 is 2. The maximum absolute atomic E-state index is 7.21. The van der Waals surface area contributed by atoms with E-state index >= 15 is 0 Å². The van der Waals surface area contributed by atoms with Crippen LogP contribution < -0.4 is 14.4 Å². The summed E-state index contributed by atoms with van der Waals surface area (Å²) in [5.41, 5.74) is 9.87. The Balaban J connectivity index is 1.50. The van der Waals surface area contributed by atoms with Crippen molar-refractivity contribution in [3.8, 4) is 11.5 Å². The molecule has 3 aliphatic rings. The van der Waals surface area contributed by atoms with E-state index in [0.717, 1.165) is 25.4 Å². The van der Waals surface area contributed by atoms with Gasteiger partial charge in [0, 0.05) is 0 Å². The molecule has 0 aliphatic carbocycles. The van der Waals surface area contributed by atoms with Gasteiger partial charge in [0.05, 0.1) is 0 Å². The first-order valence-electron chi connectivity index (χ1n) is 14.4. The van der Waals surface area contributed by atoms with Gasteiger partial charge in [-0.3, -0.25) is 0 Å². The Morgan fingerprint density at radius 3 is 2.17 bits per heavy atom.